The monoisotopic (exact) mass is 448 g/mol. The summed E-state index contributed by atoms with van der Waals surface area (Å²) in [5, 5.41) is 0. The topological polar surface area (TPSA) is 26.3 Å². The predicted molar refractivity (Wildman–Crippen MR) is 135 cm³/mol. The molecule has 2 aromatic carbocycles. The van der Waals surface area contributed by atoms with Crippen molar-refractivity contribution in [1.29, 1.82) is 0 Å². The molecule has 172 valence electrons. The fraction of sp³-hybridized carbons (Fsp3) is 0.552. The second-order valence-electron chi connectivity index (χ2n) is 11.7. The molecular formula is C29H40O2Si. The zero-order valence-electron chi connectivity index (χ0n) is 20.7. The van der Waals surface area contributed by atoms with E-state index < -0.39 is 8.07 Å². The van der Waals surface area contributed by atoms with Crippen molar-refractivity contribution in [2.75, 3.05) is 0 Å². The molecule has 3 heteroatoms. The van der Waals surface area contributed by atoms with Crippen LogP contribution in [-0.4, -0.2) is 20.1 Å². The first-order valence-corrected chi connectivity index (χ1v) is 16.1. The van der Waals surface area contributed by atoms with Crippen molar-refractivity contribution in [3.05, 3.63) is 71.8 Å². The summed E-state index contributed by atoms with van der Waals surface area (Å²) in [5.74, 6) is 1.59. The van der Waals surface area contributed by atoms with E-state index >= 15 is 0 Å². The van der Waals surface area contributed by atoms with Crippen LogP contribution in [0.1, 0.15) is 51.2 Å². The SMILES string of the molecule is CC(C)[C@@H]1CC[C@@H](C)C[C@@H]1OC(=O)[C@@H]1[C@@H]([Si](C)(C)C)C1(c1ccccc1)c1ccccc1. The summed E-state index contributed by atoms with van der Waals surface area (Å²) >= 11 is 0. The third-order valence-electron chi connectivity index (χ3n) is 8.12. The smallest absolute Gasteiger partial charge is 0.310 e. The van der Waals surface area contributed by atoms with Gasteiger partial charge in [-0.2, -0.15) is 0 Å². The number of esters is 1. The molecule has 2 aliphatic carbocycles. The lowest BCUT2D eigenvalue weighted by atomic mass is 9.75. The van der Waals surface area contributed by atoms with Gasteiger partial charge in [0, 0.05) is 13.5 Å². The van der Waals surface area contributed by atoms with Gasteiger partial charge in [0.05, 0.1) is 5.92 Å². The Morgan fingerprint density at radius 2 is 1.47 bits per heavy atom. The molecule has 2 aromatic rings. The van der Waals surface area contributed by atoms with Crippen molar-refractivity contribution in [1.82, 2.24) is 0 Å². The van der Waals surface area contributed by atoms with Crippen molar-refractivity contribution < 1.29 is 9.53 Å². The largest absolute Gasteiger partial charge is 0.462 e. The Morgan fingerprint density at radius 1 is 0.938 bits per heavy atom. The molecular weight excluding hydrogens is 408 g/mol. The van der Waals surface area contributed by atoms with Gasteiger partial charge in [-0.1, -0.05) is 107 Å². The summed E-state index contributed by atoms with van der Waals surface area (Å²) < 4.78 is 6.47. The van der Waals surface area contributed by atoms with Crippen LogP contribution in [0.5, 0.6) is 0 Å². The van der Waals surface area contributed by atoms with Crippen LogP contribution in [0.4, 0.5) is 0 Å². The molecule has 32 heavy (non-hydrogen) atoms. The summed E-state index contributed by atoms with van der Waals surface area (Å²) in [6, 6.07) is 21.4. The highest BCUT2D eigenvalue weighted by Gasteiger charge is 2.73. The minimum atomic E-state index is -1.67. The van der Waals surface area contributed by atoms with Crippen LogP contribution in [0.2, 0.25) is 25.2 Å². The number of benzene rings is 2. The summed E-state index contributed by atoms with van der Waals surface area (Å²) in [4.78, 5) is 14.0. The fourth-order valence-electron chi connectivity index (χ4n) is 6.68. The second kappa shape index (κ2) is 8.82. The molecule has 2 aliphatic rings. The van der Waals surface area contributed by atoms with Gasteiger partial charge in [-0.05, 0) is 47.3 Å². The van der Waals surface area contributed by atoms with E-state index in [0.29, 0.717) is 23.3 Å². The molecule has 0 heterocycles. The maximum Gasteiger partial charge on any atom is 0.310 e. The van der Waals surface area contributed by atoms with Gasteiger partial charge in [0.2, 0.25) is 0 Å². The van der Waals surface area contributed by atoms with Gasteiger partial charge in [-0.3, -0.25) is 4.79 Å². The summed E-state index contributed by atoms with van der Waals surface area (Å²) in [6.45, 7) is 14.1. The van der Waals surface area contributed by atoms with Gasteiger partial charge in [0.15, 0.2) is 0 Å². The van der Waals surface area contributed by atoms with Crippen molar-refractivity contribution in [3.63, 3.8) is 0 Å². The number of rotatable bonds is 6. The Labute approximate surface area is 195 Å². The van der Waals surface area contributed by atoms with Crippen LogP contribution >= 0.6 is 0 Å². The number of hydrogen-bond donors (Lipinski definition) is 0. The first-order chi connectivity index (χ1) is 15.2. The standard InChI is InChI=1S/C29H40O2Si/c1-20(2)24-18-17-21(3)19-25(24)31-28(30)26-27(32(4,5)6)29(26,22-13-9-7-10-14-22)23-15-11-8-12-16-23/h7-16,20-21,24-27H,17-19H2,1-6H3/t21-,24+,25+,26+,27-/m1/s1. The van der Waals surface area contributed by atoms with E-state index in [4.69, 9.17) is 4.74 Å². The third kappa shape index (κ3) is 4.09. The van der Waals surface area contributed by atoms with E-state index in [0.717, 1.165) is 6.42 Å². The average Bonchev–Trinajstić information content (AvgIpc) is 3.47. The molecule has 0 radical (unpaired) electrons. The Hall–Kier alpha value is -1.87. The summed E-state index contributed by atoms with van der Waals surface area (Å²) in [7, 11) is -1.67. The first-order valence-electron chi connectivity index (χ1n) is 12.5. The highest BCUT2D eigenvalue weighted by Crippen LogP contribution is 2.72. The fourth-order valence-corrected chi connectivity index (χ4v) is 9.86. The van der Waals surface area contributed by atoms with Crippen molar-refractivity contribution >= 4 is 14.0 Å². The molecule has 0 bridgehead atoms. The zero-order chi connectivity index (χ0) is 23.1. The van der Waals surface area contributed by atoms with Crippen LogP contribution in [0, 0.1) is 23.7 Å². The van der Waals surface area contributed by atoms with Gasteiger partial charge in [0.1, 0.15) is 6.10 Å². The summed E-state index contributed by atoms with van der Waals surface area (Å²) in [6.07, 6.45) is 3.47. The number of hydrogen-bond acceptors (Lipinski definition) is 2. The molecule has 2 nitrogen and oxygen atoms in total. The zero-order valence-corrected chi connectivity index (χ0v) is 21.7. The number of carbonyl (C=O) groups excluding carboxylic acids is 1. The van der Waals surface area contributed by atoms with E-state index in [1.54, 1.807) is 0 Å². The Morgan fingerprint density at radius 3 is 1.94 bits per heavy atom. The Balaban J connectivity index is 1.73. The van der Waals surface area contributed by atoms with Gasteiger partial charge >= 0.3 is 5.97 Å². The Kier molecular flexibility index (Phi) is 6.42. The van der Waals surface area contributed by atoms with E-state index in [1.165, 1.54) is 24.0 Å². The second-order valence-corrected chi connectivity index (χ2v) is 17.1. The molecule has 0 aromatic heterocycles. The lowest BCUT2D eigenvalue weighted by Crippen LogP contribution is -2.37. The van der Waals surface area contributed by atoms with Gasteiger partial charge < -0.3 is 4.74 Å². The van der Waals surface area contributed by atoms with Crippen molar-refractivity contribution in [2.24, 2.45) is 23.7 Å². The van der Waals surface area contributed by atoms with Gasteiger partial charge in [-0.25, -0.2) is 0 Å². The van der Waals surface area contributed by atoms with Crippen LogP contribution in [0.3, 0.4) is 0 Å². The summed E-state index contributed by atoms with van der Waals surface area (Å²) in [5.41, 5.74) is 2.60. The van der Waals surface area contributed by atoms with Crippen LogP contribution in [-0.2, 0) is 14.9 Å². The molecule has 0 saturated heterocycles. The molecule has 2 fully saturated rings. The highest BCUT2D eigenvalue weighted by atomic mass is 28.3. The minimum Gasteiger partial charge on any atom is -0.462 e. The van der Waals surface area contributed by atoms with Gasteiger partial charge in [0.25, 0.3) is 0 Å². The van der Waals surface area contributed by atoms with E-state index in [1.807, 2.05) is 0 Å². The van der Waals surface area contributed by atoms with Crippen molar-refractivity contribution in [2.45, 2.75) is 76.7 Å². The molecule has 0 unspecified atom stereocenters. The molecule has 0 amide bonds. The van der Waals surface area contributed by atoms with Crippen LogP contribution in [0.25, 0.3) is 0 Å². The molecule has 0 N–H and O–H groups in total. The highest BCUT2D eigenvalue weighted by molar-refractivity contribution is 6.79. The molecule has 4 rings (SSSR count). The maximum absolute atomic E-state index is 14.0. The van der Waals surface area contributed by atoms with Crippen molar-refractivity contribution in [3.8, 4) is 0 Å². The molecule has 2 saturated carbocycles. The normalized spacial score (nSPS) is 29.5. The maximum atomic E-state index is 14.0. The number of ether oxygens (including phenoxy) is 1. The van der Waals surface area contributed by atoms with Crippen LogP contribution < -0.4 is 0 Å². The van der Waals surface area contributed by atoms with Crippen LogP contribution in [0.15, 0.2) is 60.7 Å². The first kappa shape index (κ1) is 23.3. The van der Waals surface area contributed by atoms with E-state index in [-0.39, 0.29) is 23.4 Å². The molecule has 5 atom stereocenters. The quantitative estimate of drug-likeness (QED) is 0.342. The number of carbonyl (C=O) groups is 1. The minimum absolute atomic E-state index is 0.0369. The lowest BCUT2D eigenvalue weighted by molar-refractivity contribution is -0.158. The third-order valence-corrected chi connectivity index (χ3v) is 10.8. The lowest BCUT2D eigenvalue weighted by Gasteiger charge is -2.37. The molecule has 0 spiro atoms. The van der Waals surface area contributed by atoms with Gasteiger partial charge in [-0.15, -0.1) is 0 Å². The molecule has 0 aliphatic heterocycles. The average molecular weight is 449 g/mol. The van der Waals surface area contributed by atoms with E-state index in [2.05, 4.69) is 101 Å². The predicted octanol–water partition coefficient (Wildman–Crippen LogP) is 7.31. The Bertz CT molecular complexity index is 876. The van der Waals surface area contributed by atoms with E-state index in [9.17, 15) is 4.79 Å².